The van der Waals surface area contributed by atoms with Gasteiger partial charge in [0, 0.05) is 43.2 Å². The van der Waals surface area contributed by atoms with Gasteiger partial charge in [-0.05, 0) is 42.3 Å². The molecule has 2 N–H and O–H groups in total. The number of ether oxygens (including phenoxy) is 2. The van der Waals surface area contributed by atoms with Crippen LogP contribution in [0.4, 0.5) is 0 Å². The molecule has 1 fully saturated rings. The highest BCUT2D eigenvalue weighted by atomic mass is 35.5. The van der Waals surface area contributed by atoms with Gasteiger partial charge in [-0.1, -0.05) is 23.7 Å². The van der Waals surface area contributed by atoms with Crippen molar-refractivity contribution in [2.24, 2.45) is 0 Å². The minimum absolute atomic E-state index is 0.0538. The van der Waals surface area contributed by atoms with E-state index >= 15 is 0 Å². The van der Waals surface area contributed by atoms with Crippen molar-refractivity contribution >= 4 is 46.1 Å². The van der Waals surface area contributed by atoms with Gasteiger partial charge in [0.25, 0.3) is 5.91 Å². The highest BCUT2D eigenvalue weighted by Crippen LogP contribution is 2.33. The van der Waals surface area contributed by atoms with E-state index in [1.54, 1.807) is 25.3 Å². The van der Waals surface area contributed by atoms with Crippen LogP contribution in [0.15, 0.2) is 47.4 Å². The Morgan fingerprint density at radius 1 is 1.18 bits per heavy atom. The van der Waals surface area contributed by atoms with E-state index in [0.29, 0.717) is 53.7 Å². The van der Waals surface area contributed by atoms with Crippen molar-refractivity contribution in [1.82, 2.24) is 14.8 Å². The third-order valence-electron chi connectivity index (χ3n) is 6.89. The molecule has 2 atom stereocenters. The summed E-state index contributed by atoms with van der Waals surface area (Å²) < 4.78 is 13.7. The molecule has 11 heteroatoms. The number of aromatic nitrogens is 1. The summed E-state index contributed by atoms with van der Waals surface area (Å²) in [6.07, 6.45) is 1.27. The van der Waals surface area contributed by atoms with Gasteiger partial charge in [-0.15, -0.1) is 11.8 Å². The molecule has 39 heavy (non-hydrogen) atoms. The number of nitrogens with one attached hydrogen (secondary N) is 1. The smallest absolute Gasteiger partial charge is 0.316 e. The molecule has 2 unspecified atom stereocenters. The number of amides is 1. The third-order valence-corrected chi connectivity index (χ3v) is 8.41. The number of benzene rings is 2. The van der Waals surface area contributed by atoms with E-state index in [2.05, 4.69) is 10.2 Å². The van der Waals surface area contributed by atoms with E-state index < -0.39 is 17.1 Å². The molecule has 0 bridgehead atoms. The molecular formula is C28H30ClN3O6S. The summed E-state index contributed by atoms with van der Waals surface area (Å²) in [6, 6.07) is 10.9. The van der Waals surface area contributed by atoms with Gasteiger partial charge in [0.2, 0.25) is 5.43 Å². The Bertz CT molecular complexity index is 1440. The van der Waals surface area contributed by atoms with Crippen molar-refractivity contribution in [3.8, 4) is 5.75 Å². The summed E-state index contributed by atoms with van der Waals surface area (Å²) in [5.41, 5.74) is 2.12. The van der Waals surface area contributed by atoms with Crippen LogP contribution in [0.5, 0.6) is 5.75 Å². The molecule has 1 saturated heterocycles. The van der Waals surface area contributed by atoms with Gasteiger partial charge in [-0.3, -0.25) is 19.3 Å². The van der Waals surface area contributed by atoms with Crippen molar-refractivity contribution < 1.29 is 24.2 Å². The Labute approximate surface area is 235 Å². The number of carbonyl (C=O) groups excluding carboxylic acids is 1. The first-order valence-corrected chi connectivity index (χ1v) is 14.2. The fourth-order valence-corrected chi connectivity index (χ4v) is 5.73. The molecule has 0 aliphatic carbocycles. The predicted octanol–water partition coefficient (Wildman–Crippen LogP) is 3.38. The molecule has 206 valence electrons. The van der Waals surface area contributed by atoms with Crippen molar-refractivity contribution in [1.29, 1.82) is 0 Å². The lowest BCUT2D eigenvalue weighted by Gasteiger charge is -2.30. The maximum atomic E-state index is 13.6. The number of carboxylic acid groups (broad SMARTS) is 1. The maximum Gasteiger partial charge on any atom is 0.316 e. The van der Waals surface area contributed by atoms with E-state index in [0.717, 1.165) is 24.2 Å². The topological polar surface area (TPSA) is 110 Å². The summed E-state index contributed by atoms with van der Waals surface area (Å²) in [7, 11) is 0. The molecule has 1 aromatic heterocycles. The molecule has 2 aliphatic rings. The van der Waals surface area contributed by atoms with Gasteiger partial charge in [0.15, 0.2) is 0 Å². The number of hydrogen-bond acceptors (Lipinski definition) is 7. The molecule has 2 aliphatic heterocycles. The van der Waals surface area contributed by atoms with Crippen LogP contribution < -0.4 is 15.5 Å². The van der Waals surface area contributed by atoms with E-state index in [4.69, 9.17) is 21.1 Å². The van der Waals surface area contributed by atoms with Crippen LogP contribution >= 0.6 is 23.4 Å². The molecule has 9 nitrogen and oxygen atoms in total. The van der Waals surface area contributed by atoms with Crippen LogP contribution in [-0.2, 0) is 29.2 Å². The Kier molecular flexibility index (Phi) is 8.46. The first-order valence-electron chi connectivity index (χ1n) is 12.8. The number of thioether (sulfide) groups is 1. The zero-order valence-electron chi connectivity index (χ0n) is 21.5. The number of halogens is 1. The molecule has 0 radical (unpaired) electrons. The number of aliphatic carboxylic acids is 1. The zero-order chi connectivity index (χ0) is 27.5. The summed E-state index contributed by atoms with van der Waals surface area (Å²) in [5, 5.41) is 12.6. The Balaban J connectivity index is 1.47. The van der Waals surface area contributed by atoms with Crippen molar-refractivity contribution in [2.75, 3.05) is 32.1 Å². The summed E-state index contributed by atoms with van der Waals surface area (Å²) >= 11 is 7.26. The number of carbonyl (C=O) groups is 2. The van der Waals surface area contributed by atoms with E-state index in [1.807, 2.05) is 28.8 Å². The number of hydrogen-bond donors (Lipinski definition) is 2. The van der Waals surface area contributed by atoms with Gasteiger partial charge in [0.05, 0.1) is 35.9 Å². The van der Waals surface area contributed by atoms with Gasteiger partial charge < -0.3 is 24.5 Å². The lowest BCUT2D eigenvalue weighted by Crippen LogP contribution is -2.36. The van der Waals surface area contributed by atoms with Crippen molar-refractivity contribution in [3.63, 3.8) is 0 Å². The molecule has 5 rings (SSSR count). The minimum atomic E-state index is -0.880. The highest BCUT2D eigenvalue weighted by molar-refractivity contribution is 8.00. The molecule has 0 saturated carbocycles. The monoisotopic (exact) mass is 571 g/mol. The van der Waals surface area contributed by atoms with Crippen LogP contribution in [0.2, 0.25) is 5.02 Å². The zero-order valence-corrected chi connectivity index (χ0v) is 23.1. The van der Waals surface area contributed by atoms with Gasteiger partial charge in [-0.2, -0.15) is 0 Å². The second-order valence-corrected chi connectivity index (χ2v) is 11.6. The molecule has 2 aromatic carbocycles. The number of nitrogens with zero attached hydrogens (tertiary/aromatic N) is 2. The van der Waals surface area contributed by atoms with Crippen LogP contribution in [-0.4, -0.2) is 69.9 Å². The largest absolute Gasteiger partial charge is 0.485 e. The molecular weight excluding hydrogens is 542 g/mol. The van der Waals surface area contributed by atoms with Gasteiger partial charge in [-0.25, -0.2) is 0 Å². The summed E-state index contributed by atoms with van der Waals surface area (Å²) in [6.45, 7) is 5.80. The van der Waals surface area contributed by atoms with Crippen molar-refractivity contribution in [3.05, 3.63) is 74.5 Å². The van der Waals surface area contributed by atoms with Crippen LogP contribution in [0.25, 0.3) is 10.9 Å². The molecule has 1 amide bonds. The Hall–Kier alpha value is -3.05. The van der Waals surface area contributed by atoms with E-state index in [1.165, 1.54) is 11.8 Å². The van der Waals surface area contributed by atoms with Crippen LogP contribution in [0, 0.1) is 0 Å². The van der Waals surface area contributed by atoms with Gasteiger partial charge in [0.1, 0.15) is 17.4 Å². The first-order chi connectivity index (χ1) is 18.8. The predicted molar refractivity (Wildman–Crippen MR) is 151 cm³/mol. The standard InChI is InChI=1S/C28H30ClN3O6S/c1-17(28(35)36)39-16-21-14-32-15-23(27(34)30-12-18-2-4-20(29)5-3-18)26(33)22-10-19(11-24(38-21)25(22)32)13-31-6-8-37-9-7-31/h2-5,10-11,15,17,21H,6-9,12-14,16H2,1H3,(H,30,34)(H,35,36). The maximum absolute atomic E-state index is 13.6. The number of pyridine rings is 1. The highest BCUT2D eigenvalue weighted by Gasteiger charge is 2.27. The normalized spacial score (nSPS) is 17.9. The number of carboxylic acids is 1. The summed E-state index contributed by atoms with van der Waals surface area (Å²) in [4.78, 5) is 40.4. The lowest BCUT2D eigenvalue weighted by atomic mass is 10.0. The fourth-order valence-electron chi connectivity index (χ4n) is 4.79. The van der Waals surface area contributed by atoms with E-state index in [9.17, 15) is 19.5 Å². The minimum Gasteiger partial charge on any atom is -0.485 e. The van der Waals surface area contributed by atoms with Crippen molar-refractivity contribution in [2.45, 2.75) is 37.9 Å². The SMILES string of the molecule is CC(SCC1Cn2cc(C(=O)NCc3ccc(Cl)cc3)c(=O)c3cc(CN4CCOCC4)cc(c32)O1)C(=O)O. The second-order valence-electron chi connectivity index (χ2n) is 9.77. The molecule has 3 heterocycles. The molecule has 0 spiro atoms. The fraction of sp³-hybridized carbons (Fsp3) is 0.393. The molecule has 3 aromatic rings. The number of rotatable bonds is 9. The summed E-state index contributed by atoms with van der Waals surface area (Å²) in [5.74, 6) is -0.320. The second kappa shape index (κ2) is 12.0. The third kappa shape index (κ3) is 6.41. The quantitative estimate of drug-likeness (QED) is 0.402. The Morgan fingerprint density at radius 2 is 1.92 bits per heavy atom. The van der Waals surface area contributed by atoms with Gasteiger partial charge >= 0.3 is 5.97 Å². The van der Waals surface area contributed by atoms with E-state index in [-0.39, 0.29) is 23.6 Å². The Morgan fingerprint density at radius 3 is 2.64 bits per heavy atom. The van der Waals surface area contributed by atoms with Crippen LogP contribution in [0.3, 0.4) is 0 Å². The average molecular weight is 572 g/mol. The first kappa shape index (κ1) is 27.5. The van der Waals surface area contributed by atoms with Crippen LogP contribution in [0.1, 0.15) is 28.4 Å². The average Bonchev–Trinajstić information content (AvgIpc) is 2.93. The number of morpholine rings is 1. The lowest BCUT2D eigenvalue weighted by molar-refractivity contribution is -0.136.